The summed E-state index contributed by atoms with van der Waals surface area (Å²) in [7, 11) is 0. The molecular weight excluding hydrogens is 269 g/mol. The Morgan fingerprint density at radius 2 is 2.00 bits per heavy atom. The van der Waals surface area contributed by atoms with Gasteiger partial charge in [-0.1, -0.05) is 27.5 Å². The van der Waals surface area contributed by atoms with Crippen LogP contribution in [0, 0.1) is 0 Å². The first-order chi connectivity index (χ1) is 6.49. The maximum atomic E-state index is 11.3. The molecule has 0 fully saturated rings. The second-order valence-corrected chi connectivity index (χ2v) is 4.02. The van der Waals surface area contributed by atoms with E-state index in [0.29, 0.717) is 15.1 Å². The van der Waals surface area contributed by atoms with Crippen LogP contribution in [0.5, 0.6) is 0 Å². The van der Waals surface area contributed by atoms with Crippen LogP contribution in [0.25, 0.3) is 0 Å². The number of amides is 2. The third kappa shape index (κ3) is 3.12. The predicted octanol–water partition coefficient (Wildman–Crippen LogP) is 2.38. The van der Waals surface area contributed by atoms with Crippen molar-refractivity contribution in [1.29, 1.82) is 0 Å². The highest BCUT2D eigenvalue weighted by Crippen LogP contribution is 2.19. The summed E-state index contributed by atoms with van der Waals surface area (Å²) >= 11 is 8.93. The van der Waals surface area contributed by atoms with E-state index in [2.05, 4.69) is 21.2 Å². The van der Waals surface area contributed by atoms with Crippen molar-refractivity contribution >= 4 is 39.3 Å². The molecule has 14 heavy (non-hydrogen) atoms. The van der Waals surface area contributed by atoms with Gasteiger partial charge < -0.3 is 0 Å². The van der Waals surface area contributed by atoms with Gasteiger partial charge in [0.25, 0.3) is 5.91 Å². The number of imide groups is 1. The van der Waals surface area contributed by atoms with Gasteiger partial charge in [-0.15, -0.1) is 0 Å². The first-order valence-corrected chi connectivity index (χ1v) is 4.94. The first kappa shape index (κ1) is 11.2. The molecule has 0 bridgehead atoms. The monoisotopic (exact) mass is 275 g/mol. The van der Waals surface area contributed by atoms with E-state index in [9.17, 15) is 9.59 Å². The third-order valence-electron chi connectivity index (χ3n) is 1.41. The molecule has 0 aliphatic heterocycles. The minimum atomic E-state index is -0.458. The molecule has 2 amide bonds. The number of benzene rings is 1. The molecule has 0 atom stereocenters. The van der Waals surface area contributed by atoms with Gasteiger partial charge >= 0.3 is 0 Å². The molecule has 0 aliphatic rings. The van der Waals surface area contributed by atoms with Crippen LogP contribution in [-0.4, -0.2) is 11.8 Å². The quantitative estimate of drug-likeness (QED) is 0.856. The fraction of sp³-hybridized carbons (Fsp3) is 0.111. The van der Waals surface area contributed by atoms with Crippen LogP contribution in [0.15, 0.2) is 22.7 Å². The Kier molecular flexibility index (Phi) is 3.66. The van der Waals surface area contributed by atoms with Crippen LogP contribution in [0.3, 0.4) is 0 Å². The Bertz CT molecular complexity index is 372. The van der Waals surface area contributed by atoms with Crippen molar-refractivity contribution in [2.24, 2.45) is 0 Å². The summed E-state index contributed by atoms with van der Waals surface area (Å²) in [6.07, 6.45) is 0. The van der Waals surface area contributed by atoms with Crippen molar-refractivity contribution in [1.82, 2.24) is 5.32 Å². The van der Waals surface area contributed by atoms with Crippen molar-refractivity contribution in [2.75, 3.05) is 0 Å². The van der Waals surface area contributed by atoms with Crippen LogP contribution < -0.4 is 5.32 Å². The molecule has 0 spiro atoms. The second-order valence-electron chi connectivity index (χ2n) is 2.67. The minimum Gasteiger partial charge on any atom is -0.293 e. The lowest BCUT2D eigenvalue weighted by atomic mass is 10.2. The number of carbonyl (C=O) groups excluding carboxylic acids is 2. The van der Waals surface area contributed by atoms with Crippen molar-refractivity contribution in [2.45, 2.75) is 6.92 Å². The third-order valence-corrected chi connectivity index (χ3v) is 2.09. The maximum absolute atomic E-state index is 11.3. The van der Waals surface area contributed by atoms with E-state index in [0.717, 1.165) is 0 Å². The molecule has 1 aromatic carbocycles. The molecule has 1 rings (SSSR count). The van der Waals surface area contributed by atoms with E-state index in [1.54, 1.807) is 12.1 Å². The summed E-state index contributed by atoms with van der Waals surface area (Å²) < 4.78 is 0.693. The molecule has 74 valence electrons. The second kappa shape index (κ2) is 4.57. The van der Waals surface area contributed by atoms with Crippen molar-refractivity contribution in [3.63, 3.8) is 0 Å². The van der Waals surface area contributed by atoms with Gasteiger partial charge in [-0.2, -0.15) is 0 Å². The molecule has 0 radical (unpaired) electrons. The zero-order valence-corrected chi connectivity index (χ0v) is 9.65. The molecular formula is C9H7BrClNO2. The Morgan fingerprint density at radius 3 is 2.50 bits per heavy atom. The highest BCUT2D eigenvalue weighted by molar-refractivity contribution is 9.10. The van der Waals surface area contributed by atoms with Crippen LogP contribution in [0.1, 0.15) is 17.3 Å². The topological polar surface area (TPSA) is 46.2 Å². The van der Waals surface area contributed by atoms with E-state index in [1.807, 2.05) is 0 Å². The predicted molar refractivity (Wildman–Crippen MR) is 57.3 cm³/mol. The summed E-state index contributed by atoms with van der Waals surface area (Å²) in [5, 5.41) is 2.59. The van der Waals surface area contributed by atoms with E-state index < -0.39 is 11.8 Å². The molecule has 0 aromatic heterocycles. The van der Waals surface area contributed by atoms with Crippen LogP contribution in [0.4, 0.5) is 0 Å². The van der Waals surface area contributed by atoms with E-state index in [4.69, 9.17) is 11.6 Å². The summed E-state index contributed by atoms with van der Waals surface area (Å²) in [4.78, 5) is 22.0. The van der Waals surface area contributed by atoms with Crippen LogP contribution in [0.2, 0.25) is 5.02 Å². The number of rotatable bonds is 1. The Balaban J connectivity index is 2.95. The molecule has 0 aliphatic carbocycles. The molecule has 1 aromatic rings. The number of carbonyl (C=O) groups is 2. The van der Waals surface area contributed by atoms with Gasteiger partial charge in [0.05, 0.1) is 0 Å². The average Bonchev–Trinajstić information content (AvgIpc) is 2.00. The van der Waals surface area contributed by atoms with Gasteiger partial charge in [-0.25, -0.2) is 0 Å². The highest BCUT2D eigenvalue weighted by Gasteiger charge is 2.08. The van der Waals surface area contributed by atoms with Crippen molar-refractivity contribution < 1.29 is 9.59 Å². The summed E-state index contributed by atoms with van der Waals surface area (Å²) in [6.45, 7) is 1.28. The lowest BCUT2D eigenvalue weighted by molar-refractivity contribution is -0.118. The Labute approximate surface area is 94.6 Å². The summed E-state index contributed by atoms with van der Waals surface area (Å²) in [5.41, 5.74) is 0.347. The zero-order chi connectivity index (χ0) is 10.7. The molecule has 1 N–H and O–H groups in total. The molecule has 5 heteroatoms. The number of halogens is 2. The lowest BCUT2D eigenvalue weighted by Gasteiger charge is -2.02. The summed E-state index contributed by atoms with van der Waals surface area (Å²) in [5.74, 6) is -0.855. The van der Waals surface area contributed by atoms with Gasteiger partial charge in [0.1, 0.15) is 0 Å². The molecule has 0 heterocycles. The zero-order valence-electron chi connectivity index (χ0n) is 7.30. The molecule has 0 unspecified atom stereocenters. The normalized spacial score (nSPS) is 9.64. The van der Waals surface area contributed by atoms with Gasteiger partial charge in [0, 0.05) is 22.0 Å². The van der Waals surface area contributed by atoms with Gasteiger partial charge in [-0.3, -0.25) is 14.9 Å². The largest absolute Gasteiger partial charge is 0.293 e. The van der Waals surface area contributed by atoms with E-state index >= 15 is 0 Å². The SMILES string of the molecule is CC(=O)NC(=O)c1cc(Cl)cc(Br)c1. The maximum Gasteiger partial charge on any atom is 0.257 e. The number of hydrogen-bond donors (Lipinski definition) is 1. The lowest BCUT2D eigenvalue weighted by Crippen LogP contribution is -2.27. The Hall–Kier alpha value is -0.870. The van der Waals surface area contributed by atoms with E-state index in [-0.39, 0.29) is 0 Å². The fourth-order valence-electron chi connectivity index (χ4n) is 0.917. The van der Waals surface area contributed by atoms with Gasteiger partial charge in [0.2, 0.25) is 5.91 Å². The summed E-state index contributed by atoms with van der Waals surface area (Å²) in [6, 6.07) is 4.74. The van der Waals surface area contributed by atoms with Gasteiger partial charge in [-0.05, 0) is 18.2 Å². The molecule has 0 saturated carbocycles. The minimum absolute atomic E-state index is 0.347. The average molecular weight is 277 g/mol. The molecule has 0 saturated heterocycles. The number of hydrogen-bond acceptors (Lipinski definition) is 2. The fourth-order valence-corrected chi connectivity index (χ4v) is 1.78. The standard InChI is InChI=1S/C9H7BrClNO2/c1-5(13)12-9(14)6-2-7(10)4-8(11)3-6/h2-4H,1H3,(H,12,13,14). The van der Waals surface area contributed by atoms with Crippen molar-refractivity contribution in [3.05, 3.63) is 33.3 Å². The van der Waals surface area contributed by atoms with Crippen molar-refractivity contribution in [3.8, 4) is 0 Å². The highest BCUT2D eigenvalue weighted by atomic mass is 79.9. The van der Waals surface area contributed by atoms with Crippen LogP contribution >= 0.6 is 27.5 Å². The smallest absolute Gasteiger partial charge is 0.257 e. The van der Waals surface area contributed by atoms with E-state index in [1.165, 1.54) is 13.0 Å². The van der Waals surface area contributed by atoms with Gasteiger partial charge in [0.15, 0.2) is 0 Å². The van der Waals surface area contributed by atoms with Crippen LogP contribution in [-0.2, 0) is 4.79 Å². The Morgan fingerprint density at radius 1 is 1.36 bits per heavy atom. The first-order valence-electron chi connectivity index (χ1n) is 3.77. The number of nitrogens with one attached hydrogen (secondary N) is 1. The molecule has 3 nitrogen and oxygen atoms in total.